The van der Waals surface area contributed by atoms with Crippen LogP contribution in [0, 0.1) is 5.82 Å². The van der Waals surface area contributed by atoms with E-state index in [2.05, 4.69) is 158 Å². The molecule has 1 aromatic heterocycles. The number of benzene rings is 9. The number of nitrogens with zero attached hydrogens (tertiary/aromatic N) is 1. The van der Waals surface area contributed by atoms with Gasteiger partial charge in [-0.2, -0.15) is 0 Å². The first-order valence-electron chi connectivity index (χ1n) is 18.8. The van der Waals surface area contributed by atoms with Gasteiger partial charge in [0.1, 0.15) is 5.82 Å². The van der Waals surface area contributed by atoms with Crippen LogP contribution in [0.4, 0.5) is 4.39 Å². The summed E-state index contributed by atoms with van der Waals surface area (Å²) in [6.07, 6.45) is 0. The number of hydrogen-bond acceptors (Lipinski definition) is 1. The van der Waals surface area contributed by atoms with Crippen molar-refractivity contribution >= 4 is 32.4 Å². The molecule has 0 bridgehead atoms. The van der Waals surface area contributed by atoms with Crippen LogP contribution in [0.1, 0.15) is 0 Å². The van der Waals surface area contributed by atoms with Crippen molar-refractivity contribution in [2.45, 2.75) is 0 Å². The summed E-state index contributed by atoms with van der Waals surface area (Å²) in [4.78, 5) is 5.39. The molecule has 2 aliphatic rings. The third-order valence-corrected chi connectivity index (χ3v) is 11.8. The van der Waals surface area contributed by atoms with Crippen molar-refractivity contribution in [3.05, 3.63) is 188 Å². The van der Waals surface area contributed by atoms with E-state index in [9.17, 15) is 4.39 Å². The van der Waals surface area contributed by atoms with E-state index < -0.39 is 0 Å². The molecule has 0 atom stereocenters. The van der Waals surface area contributed by atoms with Gasteiger partial charge in [0.05, 0.1) is 11.2 Å². The monoisotopic (exact) mass is 699 g/mol. The van der Waals surface area contributed by atoms with Crippen molar-refractivity contribution in [1.29, 1.82) is 0 Å². The van der Waals surface area contributed by atoms with Gasteiger partial charge in [-0.3, -0.25) is 0 Å². The highest BCUT2D eigenvalue weighted by atomic mass is 19.1. The second kappa shape index (κ2) is 11.4. The molecule has 10 aromatic rings. The van der Waals surface area contributed by atoms with Crippen LogP contribution in [0.15, 0.2) is 182 Å². The minimum absolute atomic E-state index is 0.230. The first-order valence-corrected chi connectivity index (χ1v) is 18.8. The fourth-order valence-electron chi connectivity index (χ4n) is 9.52. The maximum absolute atomic E-state index is 13.9. The van der Waals surface area contributed by atoms with Crippen LogP contribution in [0.3, 0.4) is 0 Å². The van der Waals surface area contributed by atoms with Crippen molar-refractivity contribution in [3.63, 3.8) is 0 Å². The van der Waals surface area contributed by atoms with E-state index in [0.717, 1.165) is 27.9 Å². The number of aromatic nitrogens is 1. The van der Waals surface area contributed by atoms with E-state index in [1.54, 1.807) is 0 Å². The van der Waals surface area contributed by atoms with Gasteiger partial charge < -0.3 is 0 Å². The molecule has 9 aromatic carbocycles. The van der Waals surface area contributed by atoms with Crippen LogP contribution in [-0.2, 0) is 0 Å². The molecule has 0 amide bonds. The topological polar surface area (TPSA) is 12.9 Å². The van der Waals surface area contributed by atoms with Gasteiger partial charge in [-0.15, -0.1) is 0 Å². The van der Waals surface area contributed by atoms with Crippen LogP contribution in [0.2, 0.25) is 0 Å². The summed E-state index contributed by atoms with van der Waals surface area (Å²) in [5.74, 6) is -0.230. The Morgan fingerprint density at radius 3 is 1.58 bits per heavy atom. The summed E-state index contributed by atoms with van der Waals surface area (Å²) in [6.45, 7) is 0. The van der Waals surface area contributed by atoms with E-state index in [1.807, 2.05) is 12.1 Å². The molecule has 0 aliphatic heterocycles. The Morgan fingerprint density at radius 2 is 0.873 bits per heavy atom. The van der Waals surface area contributed by atoms with Gasteiger partial charge in [0.2, 0.25) is 0 Å². The lowest BCUT2D eigenvalue weighted by Gasteiger charge is -2.20. The number of halogens is 1. The zero-order valence-corrected chi connectivity index (χ0v) is 29.6. The molecule has 0 fully saturated rings. The van der Waals surface area contributed by atoms with Gasteiger partial charge in [0.15, 0.2) is 0 Å². The highest BCUT2D eigenvalue weighted by Crippen LogP contribution is 2.59. The first-order chi connectivity index (χ1) is 27.2. The second-order valence-electron chi connectivity index (χ2n) is 14.7. The smallest absolute Gasteiger partial charge is 0.123 e. The van der Waals surface area contributed by atoms with E-state index >= 15 is 0 Å². The number of rotatable bonds is 4. The minimum atomic E-state index is -0.230. The summed E-state index contributed by atoms with van der Waals surface area (Å²) in [7, 11) is 0. The number of hydrogen-bond donors (Lipinski definition) is 0. The molecule has 0 N–H and O–H groups in total. The Bertz CT molecular complexity index is 3140. The van der Waals surface area contributed by atoms with E-state index in [1.165, 1.54) is 106 Å². The zero-order valence-electron chi connectivity index (χ0n) is 29.6. The molecule has 2 heteroatoms. The molecule has 55 heavy (non-hydrogen) atoms. The Morgan fingerprint density at radius 1 is 0.309 bits per heavy atom. The molecule has 0 saturated heterocycles. The third kappa shape index (κ3) is 4.31. The van der Waals surface area contributed by atoms with Gasteiger partial charge in [0, 0.05) is 10.9 Å². The van der Waals surface area contributed by atoms with Crippen molar-refractivity contribution in [1.82, 2.24) is 4.98 Å². The lowest BCUT2D eigenvalue weighted by Crippen LogP contribution is -1.93. The highest BCUT2D eigenvalue weighted by molar-refractivity contribution is 6.29. The zero-order chi connectivity index (χ0) is 36.2. The maximum Gasteiger partial charge on any atom is 0.123 e. The molecule has 0 radical (unpaired) electrons. The van der Waals surface area contributed by atoms with Crippen molar-refractivity contribution < 1.29 is 4.39 Å². The van der Waals surface area contributed by atoms with Crippen LogP contribution < -0.4 is 0 Å². The number of fused-ring (bicyclic) bond motifs is 7. The lowest BCUT2D eigenvalue weighted by molar-refractivity contribution is 0.628. The van der Waals surface area contributed by atoms with E-state index in [0.29, 0.717) is 0 Å². The quantitative estimate of drug-likeness (QED) is 0.178. The first kappa shape index (κ1) is 30.3. The van der Waals surface area contributed by atoms with Crippen LogP contribution in [0.25, 0.3) is 122 Å². The molecule has 0 spiro atoms. The third-order valence-electron chi connectivity index (χ3n) is 11.8. The molecule has 0 saturated carbocycles. The Kier molecular flexibility index (Phi) is 6.29. The molecule has 1 heterocycles. The summed E-state index contributed by atoms with van der Waals surface area (Å²) < 4.78 is 13.9. The standard InChI is InChI=1S/C53H30FN/c54-35-24-21-31(22-25-35)34-23-26-36-38-18-10-20-46-51(38)45(44(36)29-34)30-47(55-46)37-27-28-43-50-39(37)17-9-19-42(50)52-48(32-11-3-1-4-12-32)40-15-7-8-16-41(40)49(53(43)52)33-13-5-2-6-14-33/h1-30H. The molecule has 2 aliphatic carbocycles. The maximum atomic E-state index is 13.9. The summed E-state index contributed by atoms with van der Waals surface area (Å²) in [5.41, 5.74) is 20.0. The average Bonchev–Trinajstić information content (AvgIpc) is 3.74. The van der Waals surface area contributed by atoms with Crippen molar-refractivity contribution in [2.75, 3.05) is 0 Å². The summed E-state index contributed by atoms with van der Waals surface area (Å²) in [5, 5.41) is 6.16. The second-order valence-corrected chi connectivity index (χ2v) is 14.7. The molecule has 12 rings (SSSR count). The normalized spacial score (nSPS) is 12.1. The molecular formula is C53H30FN. The Balaban J connectivity index is 1.13. The fraction of sp³-hybridized carbons (Fsp3) is 0. The predicted octanol–water partition coefficient (Wildman–Crippen LogP) is 14.6. The van der Waals surface area contributed by atoms with Gasteiger partial charge >= 0.3 is 0 Å². The van der Waals surface area contributed by atoms with Crippen molar-refractivity contribution in [2.24, 2.45) is 0 Å². The predicted molar refractivity (Wildman–Crippen MR) is 227 cm³/mol. The largest absolute Gasteiger partial charge is 0.248 e. The van der Waals surface area contributed by atoms with Gasteiger partial charge in [0.25, 0.3) is 0 Å². The van der Waals surface area contributed by atoms with E-state index in [4.69, 9.17) is 4.98 Å². The van der Waals surface area contributed by atoms with E-state index in [-0.39, 0.29) is 5.82 Å². The Hall–Kier alpha value is -7.16. The molecule has 254 valence electrons. The fourth-order valence-corrected chi connectivity index (χ4v) is 9.52. The van der Waals surface area contributed by atoms with Crippen molar-refractivity contribution in [3.8, 4) is 89.1 Å². The molecule has 0 unspecified atom stereocenters. The number of pyridine rings is 1. The molecular weight excluding hydrogens is 670 g/mol. The SMILES string of the molecule is Fc1ccc(-c2ccc3c(c2)-c2cc(-c4ccc5c6c(cccc46)-c4c-5c(-c5ccccc5)c5ccccc5c4-c4ccccc4)nc4cccc-3c24)cc1. The van der Waals surface area contributed by atoms with Crippen LogP contribution in [-0.4, -0.2) is 4.98 Å². The lowest BCUT2D eigenvalue weighted by atomic mass is 9.82. The molecule has 1 nitrogen and oxygen atoms in total. The average molecular weight is 700 g/mol. The van der Waals surface area contributed by atoms with Gasteiger partial charge in [-0.1, -0.05) is 152 Å². The van der Waals surface area contributed by atoms with Gasteiger partial charge in [-0.25, -0.2) is 9.37 Å². The highest BCUT2D eigenvalue weighted by Gasteiger charge is 2.32. The van der Waals surface area contributed by atoms with Crippen LogP contribution >= 0.6 is 0 Å². The Labute approximate surface area is 317 Å². The van der Waals surface area contributed by atoms with Crippen LogP contribution in [0.5, 0.6) is 0 Å². The summed E-state index contributed by atoms with van der Waals surface area (Å²) in [6, 6.07) is 64.2. The summed E-state index contributed by atoms with van der Waals surface area (Å²) >= 11 is 0. The van der Waals surface area contributed by atoms with Gasteiger partial charge in [-0.05, 0) is 130 Å². The minimum Gasteiger partial charge on any atom is -0.248 e.